The number of hydrogen-bond donors (Lipinski definition) is 1. The van der Waals surface area contributed by atoms with E-state index >= 15 is 0 Å². The first-order valence-electron chi connectivity index (χ1n) is 6.87. The molecule has 0 fully saturated rings. The van der Waals surface area contributed by atoms with Gasteiger partial charge in [-0.15, -0.1) is 0 Å². The van der Waals surface area contributed by atoms with Crippen molar-refractivity contribution in [3.05, 3.63) is 29.8 Å². The zero-order valence-corrected chi connectivity index (χ0v) is 11.0. The van der Waals surface area contributed by atoms with Crippen LogP contribution in [-0.2, 0) is 0 Å². The van der Waals surface area contributed by atoms with Gasteiger partial charge in [0.2, 0.25) is 0 Å². The van der Waals surface area contributed by atoms with Gasteiger partial charge >= 0.3 is 0 Å². The first-order valence-corrected chi connectivity index (χ1v) is 6.87. The van der Waals surface area contributed by atoms with Gasteiger partial charge in [0.25, 0.3) is 0 Å². The van der Waals surface area contributed by atoms with Crippen LogP contribution in [0.2, 0.25) is 0 Å². The van der Waals surface area contributed by atoms with Crippen molar-refractivity contribution >= 4 is 5.69 Å². The lowest BCUT2D eigenvalue weighted by molar-refractivity contribution is 0.540. The van der Waals surface area contributed by atoms with Crippen LogP contribution in [0.4, 0.5) is 5.69 Å². The predicted molar refractivity (Wildman–Crippen MR) is 74.6 cm³/mol. The van der Waals surface area contributed by atoms with Crippen LogP contribution < -0.4 is 10.6 Å². The number of rotatable bonds is 5. The highest BCUT2D eigenvalue weighted by Gasteiger charge is 2.30. The number of benzene rings is 1. The smallest absolute Gasteiger partial charge is 0.0404 e. The van der Waals surface area contributed by atoms with E-state index in [4.69, 9.17) is 5.73 Å². The summed E-state index contributed by atoms with van der Waals surface area (Å²) >= 11 is 0. The fraction of sp³-hybridized carbons (Fsp3) is 0.600. The maximum Gasteiger partial charge on any atom is 0.0404 e. The lowest BCUT2D eigenvalue weighted by Crippen LogP contribution is -2.33. The molecule has 94 valence electrons. The van der Waals surface area contributed by atoms with Gasteiger partial charge in [0.05, 0.1) is 0 Å². The molecule has 1 heterocycles. The number of nitrogens with zero attached hydrogens (tertiary/aromatic N) is 1. The molecule has 1 aromatic rings. The molecule has 1 aliphatic rings. The summed E-state index contributed by atoms with van der Waals surface area (Å²) < 4.78 is 0. The molecular formula is C15H24N2. The summed E-state index contributed by atoms with van der Waals surface area (Å²) in [7, 11) is 0. The highest BCUT2D eigenvalue weighted by Crippen LogP contribution is 2.39. The Kier molecular flexibility index (Phi) is 4.06. The Balaban J connectivity index is 2.27. The summed E-state index contributed by atoms with van der Waals surface area (Å²) in [5.41, 5.74) is 8.68. The van der Waals surface area contributed by atoms with Crippen molar-refractivity contribution in [3.63, 3.8) is 0 Å². The van der Waals surface area contributed by atoms with Crippen molar-refractivity contribution in [2.24, 2.45) is 5.73 Å². The van der Waals surface area contributed by atoms with E-state index in [1.165, 1.54) is 24.1 Å². The molecular weight excluding hydrogens is 208 g/mol. The van der Waals surface area contributed by atoms with Crippen molar-refractivity contribution in [3.8, 4) is 0 Å². The van der Waals surface area contributed by atoms with Crippen molar-refractivity contribution in [1.82, 2.24) is 0 Å². The van der Waals surface area contributed by atoms with E-state index < -0.39 is 0 Å². The van der Waals surface area contributed by atoms with Crippen LogP contribution in [0.15, 0.2) is 24.3 Å². The largest absolute Gasteiger partial charge is 0.368 e. The average Bonchev–Trinajstić information content (AvgIpc) is 2.72. The summed E-state index contributed by atoms with van der Waals surface area (Å²) in [5.74, 6) is 0.636. The highest BCUT2D eigenvalue weighted by atomic mass is 15.2. The molecule has 1 atom stereocenters. The molecule has 1 unspecified atom stereocenters. The van der Waals surface area contributed by atoms with Crippen LogP contribution in [0, 0.1) is 0 Å². The van der Waals surface area contributed by atoms with E-state index in [0.717, 1.165) is 19.5 Å². The van der Waals surface area contributed by atoms with Gasteiger partial charge in [0, 0.05) is 24.2 Å². The number of para-hydroxylation sites is 1. The molecule has 0 aliphatic carbocycles. The fourth-order valence-electron chi connectivity index (χ4n) is 3.05. The van der Waals surface area contributed by atoms with Crippen molar-refractivity contribution in [1.29, 1.82) is 0 Å². The summed E-state index contributed by atoms with van der Waals surface area (Å²) in [4.78, 5) is 2.59. The van der Waals surface area contributed by atoms with Gasteiger partial charge < -0.3 is 10.6 Å². The van der Waals surface area contributed by atoms with E-state index in [0.29, 0.717) is 12.0 Å². The summed E-state index contributed by atoms with van der Waals surface area (Å²) in [6.45, 7) is 6.51. The molecule has 0 bridgehead atoms. The molecule has 1 aliphatic heterocycles. The van der Waals surface area contributed by atoms with E-state index in [-0.39, 0.29) is 0 Å². The first kappa shape index (κ1) is 12.4. The standard InChI is InChI=1S/C15H24N2/c1-3-13(4-2)17-11-12(9-10-16)14-7-5-6-8-15(14)17/h5-8,12-13H,3-4,9-11,16H2,1-2H3. The lowest BCUT2D eigenvalue weighted by atomic mass is 9.98. The number of fused-ring (bicyclic) bond motifs is 1. The molecule has 17 heavy (non-hydrogen) atoms. The molecule has 2 nitrogen and oxygen atoms in total. The monoisotopic (exact) mass is 232 g/mol. The van der Waals surface area contributed by atoms with Gasteiger partial charge in [-0.2, -0.15) is 0 Å². The third-order valence-corrected chi connectivity index (χ3v) is 4.00. The Bertz CT molecular complexity index is 358. The van der Waals surface area contributed by atoms with Crippen molar-refractivity contribution < 1.29 is 0 Å². The van der Waals surface area contributed by atoms with Gasteiger partial charge in [-0.25, -0.2) is 0 Å². The van der Waals surface area contributed by atoms with E-state index in [2.05, 4.69) is 43.0 Å². The Hall–Kier alpha value is -1.02. The second-order valence-electron chi connectivity index (χ2n) is 4.96. The van der Waals surface area contributed by atoms with Crippen LogP contribution in [-0.4, -0.2) is 19.1 Å². The number of nitrogens with two attached hydrogens (primary N) is 1. The minimum atomic E-state index is 0.636. The minimum absolute atomic E-state index is 0.636. The van der Waals surface area contributed by atoms with Gasteiger partial charge in [-0.05, 0) is 37.4 Å². The summed E-state index contributed by atoms with van der Waals surface area (Å²) in [6, 6.07) is 9.53. The second-order valence-corrected chi connectivity index (χ2v) is 4.96. The molecule has 2 heteroatoms. The summed E-state index contributed by atoms with van der Waals surface area (Å²) in [5, 5.41) is 0. The van der Waals surface area contributed by atoms with E-state index in [1.807, 2.05) is 0 Å². The second kappa shape index (κ2) is 5.54. The zero-order valence-electron chi connectivity index (χ0n) is 11.0. The van der Waals surface area contributed by atoms with Crippen LogP contribution in [0.25, 0.3) is 0 Å². The first-order chi connectivity index (χ1) is 8.31. The van der Waals surface area contributed by atoms with Crippen LogP contribution in [0.1, 0.15) is 44.6 Å². The number of hydrogen-bond acceptors (Lipinski definition) is 2. The molecule has 0 spiro atoms. The topological polar surface area (TPSA) is 29.3 Å². The molecule has 1 aromatic carbocycles. The fourth-order valence-corrected chi connectivity index (χ4v) is 3.05. The molecule has 2 rings (SSSR count). The zero-order chi connectivity index (χ0) is 12.3. The Morgan fingerprint density at radius 3 is 2.65 bits per heavy atom. The predicted octanol–water partition coefficient (Wildman–Crippen LogP) is 3.13. The number of anilines is 1. The third-order valence-electron chi connectivity index (χ3n) is 4.00. The molecule has 0 saturated carbocycles. The Labute approximate surface area is 105 Å². The quantitative estimate of drug-likeness (QED) is 0.845. The minimum Gasteiger partial charge on any atom is -0.368 e. The van der Waals surface area contributed by atoms with Crippen LogP contribution in [0.3, 0.4) is 0 Å². The molecule has 0 aromatic heterocycles. The normalized spacial score (nSPS) is 18.8. The molecule has 0 radical (unpaired) electrons. The van der Waals surface area contributed by atoms with Gasteiger partial charge in [0.15, 0.2) is 0 Å². The highest BCUT2D eigenvalue weighted by molar-refractivity contribution is 5.60. The SMILES string of the molecule is CCC(CC)N1CC(CCN)c2ccccc21. The van der Waals surface area contributed by atoms with E-state index in [9.17, 15) is 0 Å². The van der Waals surface area contributed by atoms with Gasteiger partial charge in [-0.3, -0.25) is 0 Å². The Morgan fingerprint density at radius 2 is 2.00 bits per heavy atom. The maximum atomic E-state index is 5.73. The Morgan fingerprint density at radius 1 is 1.29 bits per heavy atom. The third kappa shape index (κ3) is 2.32. The lowest BCUT2D eigenvalue weighted by Gasteiger charge is -2.29. The van der Waals surface area contributed by atoms with Gasteiger partial charge in [0.1, 0.15) is 0 Å². The van der Waals surface area contributed by atoms with Crippen molar-refractivity contribution in [2.45, 2.75) is 45.1 Å². The van der Waals surface area contributed by atoms with Gasteiger partial charge in [-0.1, -0.05) is 32.0 Å². The average molecular weight is 232 g/mol. The molecule has 2 N–H and O–H groups in total. The molecule has 0 amide bonds. The maximum absolute atomic E-state index is 5.73. The molecule has 0 saturated heterocycles. The van der Waals surface area contributed by atoms with Crippen molar-refractivity contribution in [2.75, 3.05) is 18.0 Å². The van der Waals surface area contributed by atoms with E-state index in [1.54, 1.807) is 0 Å². The van der Waals surface area contributed by atoms with Crippen LogP contribution >= 0.6 is 0 Å². The summed E-state index contributed by atoms with van der Waals surface area (Å²) in [6.07, 6.45) is 3.55. The van der Waals surface area contributed by atoms with Crippen LogP contribution in [0.5, 0.6) is 0 Å².